The van der Waals surface area contributed by atoms with E-state index in [9.17, 15) is 31.4 Å². The molecular formula is C26H19ClF6N2O2. The molecule has 0 radical (unpaired) electrons. The molecule has 3 aromatic carbocycles. The van der Waals surface area contributed by atoms with Gasteiger partial charge in [0.15, 0.2) is 0 Å². The number of alkyl halides is 6. The summed E-state index contributed by atoms with van der Waals surface area (Å²) in [6, 6.07) is 12.1. The van der Waals surface area contributed by atoms with Crippen LogP contribution in [0.5, 0.6) is 11.5 Å². The maximum atomic E-state index is 13.6. The fourth-order valence-electron chi connectivity index (χ4n) is 3.71. The molecule has 0 unspecified atom stereocenters. The van der Waals surface area contributed by atoms with E-state index < -0.39 is 34.8 Å². The second-order valence-corrected chi connectivity index (χ2v) is 8.78. The van der Waals surface area contributed by atoms with Crippen LogP contribution in [0.15, 0.2) is 60.7 Å². The van der Waals surface area contributed by atoms with Crippen molar-refractivity contribution in [2.75, 3.05) is 0 Å². The van der Waals surface area contributed by atoms with Gasteiger partial charge in [-0.2, -0.15) is 31.4 Å². The topological polar surface area (TPSA) is 47.3 Å². The van der Waals surface area contributed by atoms with Crippen molar-refractivity contribution in [1.82, 2.24) is 9.78 Å². The van der Waals surface area contributed by atoms with Gasteiger partial charge in [0.25, 0.3) is 0 Å². The van der Waals surface area contributed by atoms with Gasteiger partial charge in [-0.25, -0.2) is 0 Å². The van der Waals surface area contributed by atoms with Crippen LogP contribution in [-0.2, 0) is 26.0 Å². The molecule has 4 rings (SSSR count). The third-order valence-electron chi connectivity index (χ3n) is 5.71. The van der Waals surface area contributed by atoms with Gasteiger partial charge in [-0.3, -0.25) is 4.68 Å². The van der Waals surface area contributed by atoms with E-state index in [1.807, 2.05) is 0 Å². The van der Waals surface area contributed by atoms with Crippen LogP contribution in [0, 0.1) is 6.92 Å². The molecule has 37 heavy (non-hydrogen) atoms. The average Bonchev–Trinajstić information content (AvgIpc) is 3.15. The van der Waals surface area contributed by atoms with Crippen LogP contribution in [0.25, 0.3) is 22.4 Å². The number of phenolic OH excluding ortho intramolecular Hbond substituents is 1. The van der Waals surface area contributed by atoms with Crippen molar-refractivity contribution in [1.29, 1.82) is 0 Å². The minimum absolute atomic E-state index is 0.0285. The largest absolute Gasteiger partial charge is 0.506 e. The molecule has 194 valence electrons. The first-order valence-electron chi connectivity index (χ1n) is 10.8. The molecule has 0 saturated heterocycles. The summed E-state index contributed by atoms with van der Waals surface area (Å²) in [6.07, 6.45) is -10.1. The van der Waals surface area contributed by atoms with Crippen molar-refractivity contribution in [3.8, 4) is 33.9 Å². The third kappa shape index (κ3) is 5.69. The number of hydrogen-bond acceptors (Lipinski definition) is 3. The lowest BCUT2D eigenvalue weighted by Gasteiger charge is -2.19. The van der Waals surface area contributed by atoms with E-state index >= 15 is 0 Å². The summed E-state index contributed by atoms with van der Waals surface area (Å²) in [7, 11) is 1.66. The van der Waals surface area contributed by atoms with Crippen molar-refractivity contribution < 1.29 is 36.2 Å². The van der Waals surface area contributed by atoms with Crippen LogP contribution < -0.4 is 4.74 Å². The fourth-order valence-corrected chi connectivity index (χ4v) is 3.84. The molecule has 4 nitrogen and oxygen atoms in total. The Morgan fingerprint density at radius 3 is 2.00 bits per heavy atom. The maximum Gasteiger partial charge on any atom is 0.416 e. The predicted molar refractivity (Wildman–Crippen MR) is 126 cm³/mol. The molecule has 1 N–H and O–H groups in total. The van der Waals surface area contributed by atoms with Crippen LogP contribution in [0.3, 0.4) is 0 Å². The number of halogens is 7. The Labute approximate surface area is 212 Å². The lowest BCUT2D eigenvalue weighted by Crippen LogP contribution is -2.11. The number of aromatic hydroxyl groups is 1. The number of phenols is 1. The first kappa shape index (κ1) is 26.4. The van der Waals surface area contributed by atoms with Gasteiger partial charge in [0.05, 0.1) is 22.4 Å². The second kappa shape index (κ2) is 9.66. The van der Waals surface area contributed by atoms with Gasteiger partial charge in [-0.1, -0.05) is 23.7 Å². The molecule has 0 fully saturated rings. The highest BCUT2D eigenvalue weighted by molar-refractivity contribution is 6.30. The summed E-state index contributed by atoms with van der Waals surface area (Å²) < 4.78 is 88.7. The highest BCUT2D eigenvalue weighted by Crippen LogP contribution is 2.47. The molecule has 0 amide bonds. The van der Waals surface area contributed by atoms with Gasteiger partial charge in [-0.15, -0.1) is 0 Å². The summed E-state index contributed by atoms with van der Waals surface area (Å²) in [6.45, 7) is 1.66. The molecule has 0 bridgehead atoms. The van der Waals surface area contributed by atoms with E-state index in [0.29, 0.717) is 22.7 Å². The zero-order valence-corrected chi connectivity index (χ0v) is 20.1. The molecule has 0 aliphatic heterocycles. The molecule has 0 saturated carbocycles. The number of hydrogen-bond donors (Lipinski definition) is 1. The minimum atomic E-state index is -5.06. The Kier molecular flexibility index (Phi) is 6.89. The SMILES string of the molecule is Cc1cc(-c2ccc(OCc3ccc(Cl)cc3)c(-c3cc(C(F)(F)F)cc(C(F)(F)F)c3)c2O)nn1C. The summed E-state index contributed by atoms with van der Waals surface area (Å²) in [4.78, 5) is 0. The van der Waals surface area contributed by atoms with Crippen molar-refractivity contribution in [2.24, 2.45) is 7.05 Å². The van der Waals surface area contributed by atoms with Crippen LogP contribution in [0.1, 0.15) is 22.4 Å². The van der Waals surface area contributed by atoms with Gasteiger partial charge in [0, 0.05) is 23.3 Å². The Morgan fingerprint density at radius 1 is 0.892 bits per heavy atom. The fraction of sp³-hybridized carbons (Fsp3) is 0.192. The van der Waals surface area contributed by atoms with E-state index in [1.165, 1.54) is 16.8 Å². The molecule has 0 spiro atoms. The zero-order chi connectivity index (χ0) is 27.1. The lowest BCUT2D eigenvalue weighted by molar-refractivity contribution is -0.143. The summed E-state index contributed by atoms with van der Waals surface area (Å²) in [5.41, 5.74) is -2.11. The molecule has 0 aliphatic rings. The summed E-state index contributed by atoms with van der Waals surface area (Å²) in [5, 5.41) is 15.9. The highest BCUT2D eigenvalue weighted by atomic mass is 35.5. The third-order valence-corrected chi connectivity index (χ3v) is 5.97. The van der Waals surface area contributed by atoms with E-state index in [0.717, 1.165) is 5.69 Å². The number of nitrogens with zero attached hydrogens (tertiary/aromatic N) is 2. The molecular weight excluding hydrogens is 522 g/mol. The number of aryl methyl sites for hydroxylation is 2. The highest BCUT2D eigenvalue weighted by Gasteiger charge is 2.37. The normalized spacial score (nSPS) is 12.1. The lowest BCUT2D eigenvalue weighted by atomic mass is 9.95. The molecule has 1 aromatic heterocycles. The zero-order valence-electron chi connectivity index (χ0n) is 19.4. The van der Waals surface area contributed by atoms with E-state index in [-0.39, 0.29) is 35.2 Å². The van der Waals surface area contributed by atoms with Crippen LogP contribution in [-0.4, -0.2) is 14.9 Å². The number of benzene rings is 3. The number of aromatic nitrogens is 2. The van der Waals surface area contributed by atoms with E-state index in [4.69, 9.17) is 16.3 Å². The Hall–Kier alpha value is -3.66. The Morgan fingerprint density at radius 2 is 1.49 bits per heavy atom. The van der Waals surface area contributed by atoms with Gasteiger partial charge < -0.3 is 9.84 Å². The first-order chi connectivity index (χ1) is 17.2. The summed E-state index contributed by atoms with van der Waals surface area (Å²) >= 11 is 5.88. The van der Waals surface area contributed by atoms with Crippen molar-refractivity contribution >= 4 is 11.6 Å². The van der Waals surface area contributed by atoms with Gasteiger partial charge in [0.1, 0.15) is 18.1 Å². The van der Waals surface area contributed by atoms with Gasteiger partial charge >= 0.3 is 12.4 Å². The Bertz CT molecular complexity index is 1390. The second-order valence-electron chi connectivity index (χ2n) is 8.34. The molecule has 4 aromatic rings. The van der Waals surface area contributed by atoms with Crippen LogP contribution >= 0.6 is 11.6 Å². The summed E-state index contributed by atoms with van der Waals surface area (Å²) in [5.74, 6) is -0.685. The number of rotatable bonds is 5. The predicted octanol–water partition coefficient (Wildman–Crippen LogP) is 8.04. The molecule has 0 atom stereocenters. The van der Waals surface area contributed by atoms with E-state index in [1.54, 1.807) is 44.3 Å². The van der Waals surface area contributed by atoms with Crippen LogP contribution in [0.4, 0.5) is 26.3 Å². The van der Waals surface area contributed by atoms with Crippen molar-refractivity contribution in [3.63, 3.8) is 0 Å². The van der Waals surface area contributed by atoms with Gasteiger partial charge in [-0.05, 0) is 66.6 Å². The molecule has 0 aliphatic carbocycles. The van der Waals surface area contributed by atoms with Crippen molar-refractivity contribution in [2.45, 2.75) is 25.9 Å². The quantitative estimate of drug-likeness (QED) is 0.261. The standard InChI is InChI=1S/C26H19ClF6N2O2/c1-14-9-21(34-35(14)2)20-7-8-22(37-13-15-3-5-19(27)6-4-15)23(24(20)36)16-10-17(25(28,29)30)12-18(11-16)26(31,32)33/h3-12,36H,13H2,1-2H3. The average molecular weight is 541 g/mol. The maximum absolute atomic E-state index is 13.6. The van der Waals surface area contributed by atoms with E-state index in [2.05, 4.69) is 5.10 Å². The van der Waals surface area contributed by atoms with Crippen LogP contribution in [0.2, 0.25) is 5.02 Å². The minimum Gasteiger partial charge on any atom is -0.506 e. The number of ether oxygens (including phenoxy) is 1. The smallest absolute Gasteiger partial charge is 0.416 e. The molecule has 11 heteroatoms. The van der Waals surface area contributed by atoms with Gasteiger partial charge in [0.2, 0.25) is 0 Å². The first-order valence-corrected chi connectivity index (χ1v) is 11.2. The van der Waals surface area contributed by atoms with Crippen molar-refractivity contribution in [3.05, 3.63) is 88.1 Å². The Balaban J connectivity index is 1.92. The monoisotopic (exact) mass is 540 g/mol. The molecule has 1 heterocycles.